The van der Waals surface area contributed by atoms with Crippen molar-refractivity contribution in [1.29, 1.82) is 0 Å². The van der Waals surface area contributed by atoms with E-state index in [0.717, 1.165) is 37.1 Å². The van der Waals surface area contributed by atoms with Gasteiger partial charge in [-0.25, -0.2) is 4.79 Å². The highest BCUT2D eigenvalue weighted by atomic mass is 16.6. The van der Waals surface area contributed by atoms with Gasteiger partial charge in [-0.05, 0) is 43.0 Å². The van der Waals surface area contributed by atoms with E-state index in [9.17, 15) is 4.79 Å². The molecule has 2 unspecified atom stereocenters. The Morgan fingerprint density at radius 3 is 2.95 bits per heavy atom. The van der Waals surface area contributed by atoms with Crippen LogP contribution in [0.3, 0.4) is 0 Å². The first-order valence-electron chi connectivity index (χ1n) is 7.98. The lowest BCUT2D eigenvalue weighted by Crippen LogP contribution is -2.26. The summed E-state index contributed by atoms with van der Waals surface area (Å²) in [4.78, 5) is 13.7. The third-order valence-corrected chi connectivity index (χ3v) is 4.22. The average molecular weight is 305 g/mol. The first-order chi connectivity index (χ1) is 10.7. The first-order valence-corrected chi connectivity index (χ1v) is 7.98. The highest BCUT2D eigenvalue weighted by molar-refractivity contribution is 5.90. The molecule has 2 aliphatic heterocycles. The van der Waals surface area contributed by atoms with Crippen LogP contribution in [0.1, 0.15) is 31.7 Å². The molecule has 1 saturated heterocycles. The standard InChI is InChI=1S/C17H23NO4/c1-3-4-14-7-5-12-9-13(6-8-16(12)21-14)18-10-15(11-20-2)22-17(18)19/h6,8-9,14-15H,3-5,7,10-11H2,1-2H3. The Hall–Kier alpha value is -1.75. The van der Waals surface area contributed by atoms with E-state index >= 15 is 0 Å². The predicted molar refractivity (Wildman–Crippen MR) is 83.6 cm³/mol. The Labute approximate surface area is 131 Å². The van der Waals surface area contributed by atoms with Gasteiger partial charge in [-0.15, -0.1) is 0 Å². The second-order valence-corrected chi connectivity index (χ2v) is 5.93. The molecule has 2 aliphatic rings. The molecule has 5 heteroatoms. The predicted octanol–water partition coefficient (Wildman–Crippen LogP) is 3.15. The van der Waals surface area contributed by atoms with Crippen LogP contribution in [0.2, 0.25) is 0 Å². The Morgan fingerprint density at radius 2 is 2.18 bits per heavy atom. The van der Waals surface area contributed by atoms with Crippen LogP contribution in [0.25, 0.3) is 0 Å². The van der Waals surface area contributed by atoms with Gasteiger partial charge in [-0.2, -0.15) is 0 Å². The summed E-state index contributed by atoms with van der Waals surface area (Å²) in [7, 11) is 1.61. The summed E-state index contributed by atoms with van der Waals surface area (Å²) >= 11 is 0. The number of cyclic esters (lactones) is 1. The topological polar surface area (TPSA) is 48.0 Å². The first kappa shape index (κ1) is 15.2. The molecule has 5 nitrogen and oxygen atoms in total. The number of benzene rings is 1. The Bertz CT molecular complexity index is 545. The lowest BCUT2D eigenvalue weighted by molar-refractivity contribution is 0.0718. The molecule has 22 heavy (non-hydrogen) atoms. The summed E-state index contributed by atoms with van der Waals surface area (Å²) < 4.78 is 16.4. The molecule has 1 fully saturated rings. The second kappa shape index (κ2) is 6.57. The molecule has 2 heterocycles. The molecular formula is C17H23NO4. The highest BCUT2D eigenvalue weighted by Crippen LogP contribution is 2.33. The molecule has 0 saturated carbocycles. The van der Waals surface area contributed by atoms with Gasteiger partial charge in [-0.3, -0.25) is 4.90 Å². The number of methoxy groups -OCH3 is 1. The van der Waals surface area contributed by atoms with Crippen molar-refractivity contribution in [3.63, 3.8) is 0 Å². The number of ether oxygens (including phenoxy) is 3. The second-order valence-electron chi connectivity index (χ2n) is 5.93. The van der Waals surface area contributed by atoms with Crippen molar-refractivity contribution < 1.29 is 19.0 Å². The molecule has 0 radical (unpaired) electrons. The molecule has 0 N–H and O–H groups in total. The molecule has 120 valence electrons. The summed E-state index contributed by atoms with van der Waals surface area (Å²) in [5.41, 5.74) is 2.05. The van der Waals surface area contributed by atoms with Crippen LogP contribution in [0.5, 0.6) is 5.75 Å². The third-order valence-electron chi connectivity index (χ3n) is 4.22. The largest absolute Gasteiger partial charge is 0.490 e. The van der Waals surface area contributed by atoms with Gasteiger partial charge in [0.1, 0.15) is 11.9 Å². The molecular weight excluding hydrogens is 282 g/mol. The zero-order valence-electron chi connectivity index (χ0n) is 13.2. The maximum Gasteiger partial charge on any atom is 0.414 e. The minimum atomic E-state index is -0.303. The fourth-order valence-corrected chi connectivity index (χ4v) is 3.13. The van der Waals surface area contributed by atoms with E-state index in [-0.39, 0.29) is 12.2 Å². The quantitative estimate of drug-likeness (QED) is 0.838. The van der Waals surface area contributed by atoms with Crippen molar-refractivity contribution in [2.24, 2.45) is 0 Å². The number of hydrogen-bond acceptors (Lipinski definition) is 4. The molecule has 1 aromatic carbocycles. The molecule has 1 aromatic rings. The number of anilines is 1. The summed E-state index contributed by atoms with van der Waals surface area (Å²) in [5.74, 6) is 0.953. The average Bonchev–Trinajstić information content (AvgIpc) is 2.88. The van der Waals surface area contributed by atoms with Gasteiger partial charge >= 0.3 is 6.09 Å². The van der Waals surface area contributed by atoms with Gasteiger partial charge < -0.3 is 14.2 Å². The molecule has 1 amide bonds. The van der Waals surface area contributed by atoms with Crippen molar-refractivity contribution in [2.75, 3.05) is 25.2 Å². The van der Waals surface area contributed by atoms with Crippen molar-refractivity contribution in [3.05, 3.63) is 23.8 Å². The number of rotatable bonds is 5. The van der Waals surface area contributed by atoms with Gasteiger partial charge in [0.05, 0.1) is 19.3 Å². The zero-order valence-corrected chi connectivity index (χ0v) is 13.2. The van der Waals surface area contributed by atoms with Crippen LogP contribution in [0.15, 0.2) is 18.2 Å². The maximum absolute atomic E-state index is 12.0. The van der Waals surface area contributed by atoms with E-state index in [1.807, 2.05) is 18.2 Å². The van der Waals surface area contributed by atoms with Gasteiger partial charge in [-0.1, -0.05) is 13.3 Å². The minimum absolute atomic E-state index is 0.196. The third kappa shape index (κ3) is 3.04. The van der Waals surface area contributed by atoms with E-state index < -0.39 is 0 Å². The van der Waals surface area contributed by atoms with Crippen molar-refractivity contribution in [1.82, 2.24) is 0 Å². The van der Waals surface area contributed by atoms with E-state index in [1.54, 1.807) is 12.0 Å². The molecule has 0 aromatic heterocycles. The monoisotopic (exact) mass is 305 g/mol. The van der Waals surface area contributed by atoms with E-state index in [0.29, 0.717) is 19.3 Å². The van der Waals surface area contributed by atoms with Crippen LogP contribution in [0.4, 0.5) is 10.5 Å². The lowest BCUT2D eigenvalue weighted by atomic mass is 9.99. The SMILES string of the molecule is CCCC1CCc2cc(N3CC(COC)OC3=O)ccc2O1. The van der Waals surface area contributed by atoms with Gasteiger partial charge in [0.25, 0.3) is 0 Å². The van der Waals surface area contributed by atoms with Crippen molar-refractivity contribution in [2.45, 2.75) is 44.8 Å². The number of hydrogen-bond donors (Lipinski definition) is 0. The lowest BCUT2D eigenvalue weighted by Gasteiger charge is -2.27. The number of amides is 1. The summed E-state index contributed by atoms with van der Waals surface area (Å²) in [6, 6.07) is 5.96. The van der Waals surface area contributed by atoms with E-state index in [4.69, 9.17) is 14.2 Å². The summed E-state index contributed by atoms with van der Waals surface area (Å²) in [6.45, 7) is 3.14. The minimum Gasteiger partial charge on any atom is -0.490 e. The molecule has 2 atom stereocenters. The van der Waals surface area contributed by atoms with E-state index in [2.05, 4.69) is 6.92 Å². The molecule has 0 bridgehead atoms. The Balaban J connectivity index is 1.73. The normalized spacial score (nSPS) is 23.9. The van der Waals surface area contributed by atoms with Crippen LogP contribution in [-0.2, 0) is 15.9 Å². The Kier molecular flexibility index (Phi) is 4.52. The van der Waals surface area contributed by atoms with Gasteiger partial charge in [0.2, 0.25) is 0 Å². The summed E-state index contributed by atoms with van der Waals surface area (Å²) in [6.07, 6.45) is 4.10. The number of aryl methyl sites for hydroxylation is 1. The number of carbonyl (C=O) groups excluding carboxylic acids is 1. The fourth-order valence-electron chi connectivity index (χ4n) is 3.13. The van der Waals surface area contributed by atoms with Crippen LogP contribution < -0.4 is 9.64 Å². The number of carbonyl (C=O) groups is 1. The zero-order chi connectivity index (χ0) is 15.5. The Morgan fingerprint density at radius 1 is 1.32 bits per heavy atom. The maximum atomic E-state index is 12.0. The summed E-state index contributed by atoms with van der Waals surface area (Å²) in [5, 5.41) is 0. The number of nitrogens with zero attached hydrogens (tertiary/aromatic N) is 1. The van der Waals surface area contributed by atoms with Gasteiger partial charge in [0.15, 0.2) is 0 Å². The van der Waals surface area contributed by atoms with E-state index in [1.165, 1.54) is 5.56 Å². The number of fused-ring (bicyclic) bond motifs is 1. The van der Waals surface area contributed by atoms with Gasteiger partial charge in [0, 0.05) is 12.8 Å². The molecule has 0 spiro atoms. The van der Waals surface area contributed by atoms with Crippen LogP contribution in [0, 0.1) is 0 Å². The highest BCUT2D eigenvalue weighted by Gasteiger charge is 2.33. The smallest absolute Gasteiger partial charge is 0.414 e. The van der Waals surface area contributed by atoms with Crippen molar-refractivity contribution in [3.8, 4) is 5.75 Å². The molecule has 0 aliphatic carbocycles. The van der Waals surface area contributed by atoms with Crippen LogP contribution in [-0.4, -0.2) is 38.6 Å². The van der Waals surface area contributed by atoms with Crippen molar-refractivity contribution >= 4 is 11.8 Å². The molecule has 3 rings (SSSR count). The fraction of sp³-hybridized carbons (Fsp3) is 0.588. The van der Waals surface area contributed by atoms with Crippen LogP contribution >= 0.6 is 0 Å².